The first-order valence-corrected chi connectivity index (χ1v) is 15.5. The SMILES string of the molecule is O=C(CN(C[C@@H]1CCCO1)[C@@H]1CCS(=O)(=O)C1)CN(C[C@H]1CCCO1)[C@H]1CCS(=O)(=O)C1. The standard InChI is InChI=1S/C21H36N2O7S2/c24-19(11-22(13-20-3-1-7-29-20)17-5-9-31(25,26)15-17)12-23(14-21-4-2-8-30-21)18-6-10-32(27,28)16-18/h17-18,20-21H,1-16H2/t17-,18+,20+,21-. The molecule has 0 N–H and O–H groups in total. The molecule has 0 amide bonds. The van der Waals surface area contributed by atoms with Gasteiger partial charge in [-0.1, -0.05) is 0 Å². The number of carbonyl (C=O) groups excluding carboxylic acids is 1. The van der Waals surface area contributed by atoms with Crippen LogP contribution in [-0.2, 0) is 33.9 Å². The van der Waals surface area contributed by atoms with Crippen molar-refractivity contribution in [3.63, 3.8) is 0 Å². The van der Waals surface area contributed by atoms with E-state index in [0.29, 0.717) is 39.1 Å². The van der Waals surface area contributed by atoms with Crippen molar-refractivity contribution in [3.8, 4) is 0 Å². The first kappa shape index (κ1) is 24.5. The van der Waals surface area contributed by atoms with Gasteiger partial charge in [0, 0.05) is 38.4 Å². The molecule has 0 aromatic rings. The highest BCUT2D eigenvalue weighted by molar-refractivity contribution is 7.91. The number of Topliss-reactive ketones (excluding diaryl/α,β-unsaturated/α-hetero) is 1. The first-order chi connectivity index (χ1) is 15.2. The predicted molar refractivity (Wildman–Crippen MR) is 120 cm³/mol. The van der Waals surface area contributed by atoms with Crippen LogP contribution >= 0.6 is 0 Å². The van der Waals surface area contributed by atoms with E-state index < -0.39 is 19.7 Å². The topological polar surface area (TPSA) is 110 Å². The Labute approximate surface area is 191 Å². The summed E-state index contributed by atoms with van der Waals surface area (Å²) >= 11 is 0. The lowest BCUT2D eigenvalue weighted by molar-refractivity contribution is -0.123. The maximum absolute atomic E-state index is 13.2. The second-order valence-electron chi connectivity index (χ2n) is 9.78. The molecule has 4 saturated heterocycles. The zero-order chi connectivity index (χ0) is 22.8. The number of carbonyl (C=O) groups is 1. The van der Waals surface area contributed by atoms with Crippen molar-refractivity contribution in [2.75, 3.05) is 62.4 Å². The van der Waals surface area contributed by atoms with Crippen molar-refractivity contribution in [3.05, 3.63) is 0 Å². The molecule has 0 aromatic carbocycles. The molecule has 184 valence electrons. The average Bonchev–Trinajstić information content (AvgIpc) is 3.49. The molecule has 0 bridgehead atoms. The predicted octanol–water partition coefficient (Wildman–Crippen LogP) is -0.108. The smallest absolute Gasteiger partial charge is 0.160 e. The molecule has 9 nitrogen and oxygen atoms in total. The minimum Gasteiger partial charge on any atom is -0.377 e. The van der Waals surface area contributed by atoms with Crippen molar-refractivity contribution in [2.45, 2.75) is 62.8 Å². The maximum Gasteiger partial charge on any atom is 0.160 e. The second-order valence-corrected chi connectivity index (χ2v) is 14.2. The van der Waals surface area contributed by atoms with E-state index in [-0.39, 0.29) is 66.2 Å². The fraction of sp³-hybridized carbons (Fsp3) is 0.952. The van der Waals surface area contributed by atoms with E-state index in [2.05, 4.69) is 0 Å². The maximum atomic E-state index is 13.2. The Morgan fingerprint density at radius 3 is 1.47 bits per heavy atom. The van der Waals surface area contributed by atoms with Gasteiger partial charge in [0.05, 0.1) is 48.3 Å². The average molecular weight is 493 g/mol. The summed E-state index contributed by atoms with van der Waals surface area (Å²) in [4.78, 5) is 17.2. The van der Waals surface area contributed by atoms with Gasteiger partial charge >= 0.3 is 0 Å². The number of ketones is 1. The molecule has 4 aliphatic rings. The van der Waals surface area contributed by atoms with Crippen LogP contribution in [-0.4, -0.2) is 119 Å². The van der Waals surface area contributed by atoms with Crippen LogP contribution in [0.4, 0.5) is 0 Å². The Morgan fingerprint density at radius 2 is 1.16 bits per heavy atom. The van der Waals surface area contributed by atoms with Crippen LogP contribution in [0.2, 0.25) is 0 Å². The third-order valence-corrected chi connectivity index (χ3v) is 10.6. The van der Waals surface area contributed by atoms with E-state index in [1.165, 1.54) is 0 Å². The second kappa shape index (κ2) is 10.4. The van der Waals surface area contributed by atoms with Crippen molar-refractivity contribution in [1.29, 1.82) is 0 Å². The van der Waals surface area contributed by atoms with Crippen LogP contribution in [0.15, 0.2) is 0 Å². The van der Waals surface area contributed by atoms with Gasteiger partial charge in [0.2, 0.25) is 0 Å². The highest BCUT2D eigenvalue weighted by atomic mass is 32.2. The van der Waals surface area contributed by atoms with Crippen LogP contribution in [0.5, 0.6) is 0 Å². The van der Waals surface area contributed by atoms with E-state index in [0.717, 1.165) is 25.7 Å². The summed E-state index contributed by atoms with van der Waals surface area (Å²) in [5.74, 6) is 0.508. The van der Waals surface area contributed by atoms with E-state index >= 15 is 0 Å². The van der Waals surface area contributed by atoms with Gasteiger partial charge in [-0.2, -0.15) is 0 Å². The van der Waals surface area contributed by atoms with Gasteiger partial charge in [-0.3, -0.25) is 14.6 Å². The lowest BCUT2D eigenvalue weighted by Crippen LogP contribution is -2.49. The van der Waals surface area contributed by atoms with Crippen molar-refractivity contribution in [2.24, 2.45) is 0 Å². The first-order valence-electron chi connectivity index (χ1n) is 11.8. The van der Waals surface area contributed by atoms with Gasteiger partial charge in [-0.05, 0) is 38.5 Å². The Bertz CT molecular complexity index is 795. The van der Waals surface area contributed by atoms with Gasteiger partial charge in [0.15, 0.2) is 25.5 Å². The normalized spacial score (nSPS) is 34.1. The van der Waals surface area contributed by atoms with Crippen molar-refractivity contribution >= 4 is 25.5 Å². The highest BCUT2D eigenvalue weighted by Gasteiger charge is 2.37. The van der Waals surface area contributed by atoms with E-state index in [1.54, 1.807) is 0 Å². The van der Waals surface area contributed by atoms with Gasteiger partial charge in [0.25, 0.3) is 0 Å². The molecule has 11 heteroatoms. The number of rotatable bonds is 10. The lowest BCUT2D eigenvalue weighted by atomic mass is 10.1. The molecule has 0 saturated carbocycles. The molecule has 32 heavy (non-hydrogen) atoms. The zero-order valence-corrected chi connectivity index (χ0v) is 20.3. The van der Waals surface area contributed by atoms with Crippen LogP contribution in [0.25, 0.3) is 0 Å². The number of nitrogens with zero attached hydrogens (tertiary/aromatic N) is 2. The Balaban J connectivity index is 1.41. The minimum absolute atomic E-state index is 0.00501. The largest absolute Gasteiger partial charge is 0.377 e. The van der Waals surface area contributed by atoms with Crippen LogP contribution in [0, 0.1) is 0 Å². The number of hydrogen-bond acceptors (Lipinski definition) is 9. The fourth-order valence-electron chi connectivity index (χ4n) is 5.41. The Hall–Kier alpha value is -0.590. The van der Waals surface area contributed by atoms with E-state index in [1.807, 2.05) is 9.80 Å². The molecule has 4 atom stereocenters. The summed E-state index contributed by atoms with van der Waals surface area (Å²) in [5, 5.41) is 0. The molecular formula is C21H36N2O7S2. The molecule has 0 spiro atoms. The molecule has 0 aliphatic carbocycles. The molecule has 4 rings (SSSR count). The van der Waals surface area contributed by atoms with Gasteiger partial charge in [0.1, 0.15) is 0 Å². The zero-order valence-electron chi connectivity index (χ0n) is 18.7. The summed E-state index contributed by atoms with van der Waals surface area (Å²) in [7, 11) is -6.12. The van der Waals surface area contributed by atoms with Crippen LogP contribution in [0.3, 0.4) is 0 Å². The fourth-order valence-corrected chi connectivity index (χ4v) is 8.94. The van der Waals surface area contributed by atoms with Crippen LogP contribution < -0.4 is 0 Å². The molecular weight excluding hydrogens is 456 g/mol. The van der Waals surface area contributed by atoms with E-state index in [4.69, 9.17) is 9.47 Å². The number of ether oxygens (including phenoxy) is 2. The summed E-state index contributed by atoms with van der Waals surface area (Å²) in [6.07, 6.45) is 4.99. The highest BCUT2D eigenvalue weighted by Crippen LogP contribution is 2.23. The van der Waals surface area contributed by atoms with Gasteiger partial charge < -0.3 is 9.47 Å². The Morgan fingerprint density at radius 1 is 0.719 bits per heavy atom. The summed E-state index contributed by atoms with van der Waals surface area (Å²) in [6.45, 7) is 2.88. The van der Waals surface area contributed by atoms with Crippen molar-refractivity contribution < 1.29 is 31.1 Å². The molecule has 0 unspecified atom stereocenters. The number of hydrogen-bond donors (Lipinski definition) is 0. The van der Waals surface area contributed by atoms with Gasteiger partial charge in [-0.25, -0.2) is 16.8 Å². The molecule has 0 radical (unpaired) electrons. The summed E-state index contributed by atoms with van der Waals surface area (Å²) < 4.78 is 59.7. The van der Waals surface area contributed by atoms with Gasteiger partial charge in [-0.15, -0.1) is 0 Å². The lowest BCUT2D eigenvalue weighted by Gasteiger charge is -2.32. The number of sulfone groups is 2. The van der Waals surface area contributed by atoms with Crippen molar-refractivity contribution in [1.82, 2.24) is 9.80 Å². The minimum atomic E-state index is -3.06. The third-order valence-electron chi connectivity index (χ3n) is 7.13. The molecule has 4 aliphatic heterocycles. The Kier molecular flexibility index (Phi) is 7.94. The molecule has 4 fully saturated rings. The summed E-state index contributed by atoms with van der Waals surface area (Å²) in [6, 6.07) is -0.321. The monoisotopic (exact) mass is 492 g/mol. The van der Waals surface area contributed by atoms with E-state index in [9.17, 15) is 21.6 Å². The summed E-state index contributed by atoms with van der Waals surface area (Å²) in [5.41, 5.74) is 0. The molecule has 4 heterocycles. The molecule has 0 aromatic heterocycles. The quantitative estimate of drug-likeness (QED) is 0.412. The van der Waals surface area contributed by atoms with Crippen LogP contribution in [0.1, 0.15) is 38.5 Å². The third kappa shape index (κ3) is 6.73.